The van der Waals surface area contributed by atoms with Crippen molar-refractivity contribution < 1.29 is 4.79 Å². The lowest BCUT2D eigenvalue weighted by atomic mass is 10.1. The van der Waals surface area contributed by atoms with Crippen molar-refractivity contribution in [2.24, 2.45) is 5.84 Å². The minimum absolute atomic E-state index is 0.0617. The molecule has 4 heteroatoms. The number of hydrazine groups is 1. The molecule has 0 aromatic rings. The van der Waals surface area contributed by atoms with Crippen molar-refractivity contribution in [2.45, 2.75) is 58.4 Å². The van der Waals surface area contributed by atoms with Gasteiger partial charge in [0.05, 0.1) is 0 Å². The second kappa shape index (κ2) is 9.60. The van der Waals surface area contributed by atoms with Crippen LogP contribution in [-0.4, -0.2) is 30.4 Å². The molecule has 0 aliphatic carbocycles. The maximum atomic E-state index is 10.9. The molecular formula is C12H27N3O. The van der Waals surface area contributed by atoms with Gasteiger partial charge in [-0.1, -0.05) is 20.3 Å². The van der Waals surface area contributed by atoms with Crippen LogP contribution in [0.1, 0.15) is 52.4 Å². The predicted octanol–water partition coefficient (Wildman–Crippen LogP) is 1.66. The van der Waals surface area contributed by atoms with Gasteiger partial charge in [-0.25, -0.2) is 5.84 Å². The monoisotopic (exact) mass is 229 g/mol. The zero-order valence-corrected chi connectivity index (χ0v) is 11.0. The molecule has 0 aliphatic rings. The standard InChI is InChI=1S/C12H27N3O/c1-4-11(5-2)15(3)10-8-6-7-9-12(16)14-13/h11H,4-10,13H2,1-3H3,(H,14,16). The highest BCUT2D eigenvalue weighted by molar-refractivity contribution is 5.74. The number of nitrogens with zero attached hydrogens (tertiary/aromatic N) is 1. The predicted molar refractivity (Wildman–Crippen MR) is 67.8 cm³/mol. The van der Waals surface area contributed by atoms with E-state index in [-0.39, 0.29) is 5.91 Å². The summed E-state index contributed by atoms with van der Waals surface area (Å²) >= 11 is 0. The van der Waals surface area contributed by atoms with Crippen LogP contribution in [-0.2, 0) is 4.79 Å². The summed E-state index contributed by atoms with van der Waals surface area (Å²) in [4.78, 5) is 13.3. The van der Waals surface area contributed by atoms with Gasteiger partial charge in [0.15, 0.2) is 0 Å². The van der Waals surface area contributed by atoms with E-state index in [0.717, 1.165) is 25.8 Å². The highest BCUT2D eigenvalue weighted by atomic mass is 16.2. The van der Waals surface area contributed by atoms with Crippen molar-refractivity contribution in [3.63, 3.8) is 0 Å². The molecule has 0 aromatic heterocycles. The van der Waals surface area contributed by atoms with Crippen LogP contribution in [0.15, 0.2) is 0 Å². The van der Waals surface area contributed by atoms with Crippen LogP contribution in [0, 0.1) is 0 Å². The molecule has 0 spiro atoms. The molecule has 0 aromatic carbocycles. The van der Waals surface area contributed by atoms with Crippen molar-refractivity contribution in [1.29, 1.82) is 0 Å². The first-order chi connectivity index (χ1) is 7.65. The lowest BCUT2D eigenvalue weighted by Crippen LogP contribution is -2.31. The molecule has 0 aliphatic heterocycles. The molecule has 0 unspecified atom stereocenters. The second-order valence-electron chi connectivity index (χ2n) is 4.33. The molecule has 0 atom stereocenters. The Morgan fingerprint density at radius 1 is 1.25 bits per heavy atom. The summed E-state index contributed by atoms with van der Waals surface area (Å²) in [5, 5.41) is 0. The fourth-order valence-electron chi connectivity index (χ4n) is 1.99. The fourth-order valence-corrected chi connectivity index (χ4v) is 1.99. The molecule has 0 saturated carbocycles. The lowest BCUT2D eigenvalue weighted by molar-refractivity contribution is -0.121. The first kappa shape index (κ1) is 15.4. The molecule has 96 valence electrons. The second-order valence-corrected chi connectivity index (χ2v) is 4.33. The van der Waals surface area contributed by atoms with E-state index < -0.39 is 0 Å². The average Bonchev–Trinajstić information content (AvgIpc) is 2.29. The van der Waals surface area contributed by atoms with Crippen LogP contribution in [0.5, 0.6) is 0 Å². The molecule has 0 saturated heterocycles. The Morgan fingerprint density at radius 2 is 1.88 bits per heavy atom. The summed E-state index contributed by atoms with van der Waals surface area (Å²) in [6, 6.07) is 0.701. The normalized spacial score (nSPS) is 11.1. The van der Waals surface area contributed by atoms with Gasteiger partial charge in [0.2, 0.25) is 5.91 Å². The van der Waals surface area contributed by atoms with E-state index in [0.29, 0.717) is 12.5 Å². The number of carbonyl (C=O) groups is 1. The maximum absolute atomic E-state index is 10.9. The maximum Gasteiger partial charge on any atom is 0.233 e. The number of nitrogens with two attached hydrogens (primary N) is 1. The Labute approximate surface area is 99.5 Å². The van der Waals surface area contributed by atoms with E-state index in [9.17, 15) is 4.79 Å². The minimum atomic E-state index is -0.0617. The van der Waals surface area contributed by atoms with E-state index in [1.807, 2.05) is 0 Å². The van der Waals surface area contributed by atoms with E-state index in [1.165, 1.54) is 12.8 Å². The van der Waals surface area contributed by atoms with E-state index in [4.69, 9.17) is 5.84 Å². The number of carbonyl (C=O) groups excluding carboxylic acids is 1. The lowest BCUT2D eigenvalue weighted by Gasteiger charge is -2.25. The van der Waals surface area contributed by atoms with Gasteiger partial charge in [-0.15, -0.1) is 0 Å². The number of unbranched alkanes of at least 4 members (excludes halogenated alkanes) is 2. The van der Waals surface area contributed by atoms with Crippen LogP contribution in [0.25, 0.3) is 0 Å². The van der Waals surface area contributed by atoms with Crippen LogP contribution in [0.4, 0.5) is 0 Å². The van der Waals surface area contributed by atoms with Gasteiger partial charge >= 0.3 is 0 Å². The molecule has 16 heavy (non-hydrogen) atoms. The molecule has 0 fully saturated rings. The number of hydrogen-bond acceptors (Lipinski definition) is 3. The smallest absolute Gasteiger partial charge is 0.233 e. The Kier molecular flexibility index (Phi) is 9.24. The van der Waals surface area contributed by atoms with Gasteiger partial charge in [0.25, 0.3) is 0 Å². The van der Waals surface area contributed by atoms with E-state index >= 15 is 0 Å². The van der Waals surface area contributed by atoms with Crippen molar-refractivity contribution in [3.05, 3.63) is 0 Å². The zero-order chi connectivity index (χ0) is 12.4. The van der Waals surface area contributed by atoms with E-state index in [2.05, 4.69) is 31.2 Å². The van der Waals surface area contributed by atoms with Gasteiger partial charge < -0.3 is 4.90 Å². The Bertz CT molecular complexity index is 181. The molecular weight excluding hydrogens is 202 g/mol. The highest BCUT2D eigenvalue weighted by Gasteiger charge is 2.09. The van der Waals surface area contributed by atoms with Gasteiger partial charge in [-0.2, -0.15) is 0 Å². The average molecular weight is 229 g/mol. The van der Waals surface area contributed by atoms with Crippen molar-refractivity contribution >= 4 is 5.91 Å². The zero-order valence-electron chi connectivity index (χ0n) is 11.0. The van der Waals surface area contributed by atoms with Crippen molar-refractivity contribution in [2.75, 3.05) is 13.6 Å². The first-order valence-electron chi connectivity index (χ1n) is 6.35. The number of rotatable bonds is 9. The number of hydrogen-bond donors (Lipinski definition) is 2. The number of nitrogens with one attached hydrogen (secondary N) is 1. The van der Waals surface area contributed by atoms with Crippen molar-refractivity contribution in [3.8, 4) is 0 Å². The summed E-state index contributed by atoms with van der Waals surface area (Å²) < 4.78 is 0. The molecule has 0 bridgehead atoms. The Morgan fingerprint density at radius 3 is 2.38 bits per heavy atom. The summed E-state index contributed by atoms with van der Waals surface area (Å²) in [5.41, 5.74) is 2.15. The minimum Gasteiger partial charge on any atom is -0.303 e. The molecule has 1 amide bonds. The van der Waals surface area contributed by atoms with Crippen LogP contribution in [0.3, 0.4) is 0 Å². The summed E-state index contributed by atoms with van der Waals surface area (Å²) in [6.07, 6.45) is 6.15. The SMILES string of the molecule is CCC(CC)N(C)CCCCCC(=O)NN. The quantitative estimate of drug-likeness (QED) is 0.273. The van der Waals surface area contributed by atoms with Gasteiger partial charge in [0, 0.05) is 12.5 Å². The third-order valence-corrected chi connectivity index (χ3v) is 3.14. The van der Waals surface area contributed by atoms with Gasteiger partial charge in [-0.05, 0) is 39.3 Å². The van der Waals surface area contributed by atoms with Gasteiger partial charge in [-0.3, -0.25) is 10.2 Å². The highest BCUT2D eigenvalue weighted by Crippen LogP contribution is 2.08. The third kappa shape index (κ3) is 6.80. The molecule has 4 nitrogen and oxygen atoms in total. The fraction of sp³-hybridized carbons (Fsp3) is 0.917. The summed E-state index contributed by atoms with van der Waals surface area (Å²) in [6.45, 7) is 5.59. The summed E-state index contributed by atoms with van der Waals surface area (Å²) in [7, 11) is 2.18. The van der Waals surface area contributed by atoms with Crippen molar-refractivity contribution in [1.82, 2.24) is 10.3 Å². The third-order valence-electron chi connectivity index (χ3n) is 3.14. The van der Waals surface area contributed by atoms with Crippen LogP contribution in [0.2, 0.25) is 0 Å². The van der Waals surface area contributed by atoms with Crippen LogP contribution >= 0.6 is 0 Å². The Balaban J connectivity index is 3.47. The number of amides is 1. The molecule has 0 rings (SSSR count). The van der Waals surface area contributed by atoms with Crippen LogP contribution < -0.4 is 11.3 Å². The van der Waals surface area contributed by atoms with Gasteiger partial charge in [0.1, 0.15) is 0 Å². The molecule has 3 N–H and O–H groups in total. The molecule has 0 radical (unpaired) electrons. The molecule has 0 heterocycles. The largest absolute Gasteiger partial charge is 0.303 e. The van der Waals surface area contributed by atoms with E-state index in [1.54, 1.807) is 0 Å². The first-order valence-corrected chi connectivity index (χ1v) is 6.35. The summed E-state index contributed by atoms with van der Waals surface area (Å²) in [5.74, 6) is 4.94. The topological polar surface area (TPSA) is 58.4 Å². The Hall–Kier alpha value is -0.610.